The third-order valence-electron chi connectivity index (χ3n) is 5.22. The average molecular weight is 400 g/mol. The third kappa shape index (κ3) is 5.41. The summed E-state index contributed by atoms with van der Waals surface area (Å²) in [6, 6.07) is 16.4. The molecule has 1 aliphatic heterocycles. The zero-order valence-electron chi connectivity index (χ0n) is 17.0. The summed E-state index contributed by atoms with van der Waals surface area (Å²) in [7, 11) is 0. The SMILES string of the molecule is CC(C)(C)c1ccc(NCCC(=O)N2CCN(c3cccc(Cl)c3)CC2)cc1. The lowest BCUT2D eigenvalue weighted by molar-refractivity contribution is -0.131. The predicted octanol–water partition coefficient (Wildman–Crippen LogP) is 4.79. The topological polar surface area (TPSA) is 35.6 Å². The minimum absolute atomic E-state index is 0.154. The second-order valence-corrected chi connectivity index (χ2v) is 8.79. The number of carbonyl (C=O) groups is 1. The summed E-state index contributed by atoms with van der Waals surface area (Å²) < 4.78 is 0. The Morgan fingerprint density at radius 3 is 2.32 bits per heavy atom. The Morgan fingerprint density at radius 1 is 1.04 bits per heavy atom. The molecule has 2 aromatic rings. The second-order valence-electron chi connectivity index (χ2n) is 8.35. The lowest BCUT2D eigenvalue weighted by Crippen LogP contribution is -2.49. The number of hydrogen-bond donors (Lipinski definition) is 1. The first kappa shape index (κ1) is 20.5. The van der Waals surface area contributed by atoms with Crippen LogP contribution < -0.4 is 10.2 Å². The lowest BCUT2D eigenvalue weighted by atomic mass is 9.87. The van der Waals surface area contributed by atoms with Gasteiger partial charge in [0.05, 0.1) is 0 Å². The second kappa shape index (κ2) is 8.87. The van der Waals surface area contributed by atoms with Gasteiger partial charge in [0.15, 0.2) is 0 Å². The van der Waals surface area contributed by atoms with Crippen LogP contribution in [0.4, 0.5) is 11.4 Å². The number of rotatable bonds is 5. The van der Waals surface area contributed by atoms with E-state index in [4.69, 9.17) is 11.6 Å². The van der Waals surface area contributed by atoms with Gasteiger partial charge in [0.2, 0.25) is 5.91 Å². The highest BCUT2D eigenvalue weighted by Crippen LogP contribution is 2.23. The summed E-state index contributed by atoms with van der Waals surface area (Å²) in [4.78, 5) is 16.8. The van der Waals surface area contributed by atoms with Crippen molar-refractivity contribution in [3.05, 3.63) is 59.1 Å². The maximum Gasteiger partial charge on any atom is 0.224 e. The molecule has 0 bridgehead atoms. The van der Waals surface area contributed by atoms with Gasteiger partial charge in [-0.15, -0.1) is 0 Å². The first-order valence-corrected chi connectivity index (χ1v) is 10.3. The summed E-state index contributed by atoms with van der Waals surface area (Å²) in [5, 5.41) is 4.11. The predicted molar refractivity (Wildman–Crippen MR) is 118 cm³/mol. The third-order valence-corrected chi connectivity index (χ3v) is 5.46. The van der Waals surface area contributed by atoms with Crippen molar-refractivity contribution in [2.75, 3.05) is 42.9 Å². The van der Waals surface area contributed by atoms with Crippen LogP contribution in [-0.4, -0.2) is 43.5 Å². The van der Waals surface area contributed by atoms with E-state index in [-0.39, 0.29) is 11.3 Å². The molecule has 0 spiro atoms. The summed E-state index contributed by atoms with van der Waals surface area (Å²) >= 11 is 6.08. The van der Waals surface area contributed by atoms with Gasteiger partial charge in [-0.2, -0.15) is 0 Å². The molecule has 0 atom stereocenters. The minimum Gasteiger partial charge on any atom is -0.385 e. The number of carbonyl (C=O) groups excluding carboxylic acids is 1. The van der Waals surface area contributed by atoms with Crippen molar-refractivity contribution in [2.45, 2.75) is 32.6 Å². The molecule has 1 heterocycles. The van der Waals surface area contributed by atoms with Gasteiger partial charge in [-0.3, -0.25) is 4.79 Å². The van der Waals surface area contributed by atoms with Crippen LogP contribution in [0, 0.1) is 0 Å². The van der Waals surface area contributed by atoms with Crippen LogP contribution in [0.3, 0.4) is 0 Å². The van der Waals surface area contributed by atoms with Gasteiger partial charge in [0, 0.05) is 55.5 Å². The average Bonchev–Trinajstić information content (AvgIpc) is 2.68. The van der Waals surface area contributed by atoms with Crippen molar-refractivity contribution < 1.29 is 4.79 Å². The fraction of sp³-hybridized carbons (Fsp3) is 0.435. The van der Waals surface area contributed by atoms with E-state index in [1.807, 2.05) is 23.1 Å². The maximum absolute atomic E-state index is 12.5. The van der Waals surface area contributed by atoms with Crippen molar-refractivity contribution >= 4 is 28.9 Å². The Hall–Kier alpha value is -2.20. The van der Waals surface area contributed by atoms with Crippen molar-refractivity contribution in [1.82, 2.24) is 4.90 Å². The van der Waals surface area contributed by atoms with Gasteiger partial charge < -0.3 is 15.1 Å². The molecule has 150 valence electrons. The minimum atomic E-state index is 0.154. The van der Waals surface area contributed by atoms with Gasteiger partial charge in [-0.25, -0.2) is 0 Å². The summed E-state index contributed by atoms with van der Waals surface area (Å²) in [5.74, 6) is 0.213. The largest absolute Gasteiger partial charge is 0.385 e. The number of benzene rings is 2. The molecule has 5 heteroatoms. The van der Waals surface area contributed by atoms with Crippen LogP contribution in [0.5, 0.6) is 0 Å². The number of nitrogens with one attached hydrogen (secondary N) is 1. The molecule has 0 aromatic heterocycles. The lowest BCUT2D eigenvalue weighted by Gasteiger charge is -2.36. The highest BCUT2D eigenvalue weighted by Gasteiger charge is 2.21. The van der Waals surface area contributed by atoms with E-state index in [0.717, 1.165) is 42.6 Å². The van der Waals surface area contributed by atoms with Crippen molar-refractivity contribution in [1.29, 1.82) is 0 Å². The molecule has 1 amide bonds. The molecular weight excluding hydrogens is 370 g/mol. The molecule has 4 nitrogen and oxygen atoms in total. The molecule has 3 rings (SSSR count). The van der Waals surface area contributed by atoms with E-state index < -0.39 is 0 Å². The van der Waals surface area contributed by atoms with Crippen LogP contribution in [0.15, 0.2) is 48.5 Å². The Kier molecular flexibility index (Phi) is 6.50. The molecule has 1 N–H and O–H groups in total. The number of halogens is 1. The van der Waals surface area contributed by atoms with Crippen LogP contribution in [0.2, 0.25) is 5.02 Å². The first-order valence-electron chi connectivity index (χ1n) is 9.96. The number of anilines is 2. The first-order chi connectivity index (χ1) is 13.3. The molecule has 2 aromatic carbocycles. The molecular formula is C23H30ClN3O. The summed E-state index contributed by atoms with van der Waals surface area (Å²) in [5.41, 5.74) is 3.65. The van der Waals surface area contributed by atoms with Crippen LogP contribution in [0.1, 0.15) is 32.8 Å². The molecule has 1 saturated heterocycles. The van der Waals surface area contributed by atoms with Gasteiger partial charge in [-0.05, 0) is 41.3 Å². The molecule has 1 aliphatic rings. The normalized spacial score (nSPS) is 14.9. The molecule has 0 radical (unpaired) electrons. The van der Waals surface area contributed by atoms with Gasteiger partial charge in [0.1, 0.15) is 0 Å². The van der Waals surface area contributed by atoms with E-state index >= 15 is 0 Å². The van der Waals surface area contributed by atoms with Gasteiger partial charge in [-0.1, -0.05) is 50.6 Å². The zero-order valence-corrected chi connectivity index (χ0v) is 17.8. The number of nitrogens with zero attached hydrogens (tertiary/aromatic N) is 2. The number of hydrogen-bond acceptors (Lipinski definition) is 3. The molecule has 0 saturated carbocycles. The van der Waals surface area contributed by atoms with E-state index in [1.54, 1.807) is 0 Å². The summed E-state index contributed by atoms with van der Waals surface area (Å²) in [6.07, 6.45) is 0.512. The smallest absolute Gasteiger partial charge is 0.224 e. The van der Waals surface area contributed by atoms with Crippen LogP contribution in [0.25, 0.3) is 0 Å². The quantitative estimate of drug-likeness (QED) is 0.785. The zero-order chi connectivity index (χ0) is 20.1. The molecule has 1 fully saturated rings. The van der Waals surface area contributed by atoms with Crippen LogP contribution in [-0.2, 0) is 10.2 Å². The van der Waals surface area contributed by atoms with Gasteiger partial charge >= 0.3 is 0 Å². The highest BCUT2D eigenvalue weighted by molar-refractivity contribution is 6.30. The van der Waals surface area contributed by atoms with Crippen molar-refractivity contribution in [2.24, 2.45) is 0 Å². The molecule has 0 aliphatic carbocycles. The number of piperazine rings is 1. The van der Waals surface area contributed by atoms with Crippen molar-refractivity contribution in [3.8, 4) is 0 Å². The van der Waals surface area contributed by atoms with Crippen molar-refractivity contribution in [3.63, 3.8) is 0 Å². The Balaban J connectivity index is 1.42. The highest BCUT2D eigenvalue weighted by atomic mass is 35.5. The summed E-state index contributed by atoms with van der Waals surface area (Å²) in [6.45, 7) is 10.5. The number of amides is 1. The molecule has 28 heavy (non-hydrogen) atoms. The van der Waals surface area contributed by atoms with E-state index in [1.165, 1.54) is 5.56 Å². The van der Waals surface area contributed by atoms with Crippen LogP contribution >= 0.6 is 11.6 Å². The van der Waals surface area contributed by atoms with E-state index in [9.17, 15) is 4.79 Å². The van der Waals surface area contributed by atoms with Gasteiger partial charge in [0.25, 0.3) is 0 Å². The Labute approximate surface area is 173 Å². The Bertz CT molecular complexity index is 790. The monoisotopic (exact) mass is 399 g/mol. The van der Waals surface area contributed by atoms with E-state index in [0.29, 0.717) is 13.0 Å². The molecule has 0 unspecified atom stereocenters. The fourth-order valence-electron chi connectivity index (χ4n) is 3.45. The fourth-order valence-corrected chi connectivity index (χ4v) is 3.63. The Morgan fingerprint density at radius 2 is 1.71 bits per heavy atom. The van der Waals surface area contributed by atoms with E-state index in [2.05, 4.69) is 61.3 Å². The maximum atomic E-state index is 12.5. The standard InChI is InChI=1S/C23H30ClN3O/c1-23(2,3)18-7-9-20(10-8-18)25-12-11-22(28)27-15-13-26(14-16-27)21-6-4-5-19(24)17-21/h4-10,17,25H,11-16H2,1-3H3.